The van der Waals surface area contributed by atoms with Crippen LogP contribution < -0.4 is 27.7 Å². The molecule has 1 aliphatic rings. The van der Waals surface area contributed by atoms with Crippen molar-refractivity contribution in [2.45, 2.75) is 0 Å². The van der Waals surface area contributed by atoms with Gasteiger partial charge in [-0.15, -0.1) is 0 Å². The standard InChI is InChI=1S/C32H20ClN9/c33-24-22(34)14-13-21-23(24)32-41-30-20-12-6-5-11-19(20)28(39-30)37-26-16-8-2-1-7-15(16)25(35-26)36-27-17-9-3-4-10-18(17)29(38-27)40-31(21)42-32/h1-14H,34H2,(H4,35,36,37,38,39,40,41,42). The Labute approximate surface area is 240 Å². The SMILES string of the molecule is Nc1ccc2c3[nH]c(c2c1Cl)=Nc1[nH]c(c2ccccc12)N=c1[nH]c(c2ccccc12)=Nc1[nH]c(c2ccccc12)N=3. The average molecular weight is 566 g/mol. The highest BCUT2D eigenvalue weighted by Crippen LogP contribution is 2.35. The van der Waals surface area contributed by atoms with E-state index in [9.17, 15) is 0 Å². The van der Waals surface area contributed by atoms with Crippen molar-refractivity contribution in [2.24, 2.45) is 20.0 Å². The van der Waals surface area contributed by atoms with Crippen LogP contribution in [0.15, 0.2) is 105 Å². The molecule has 10 heteroatoms. The van der Waals surface area contributed by atoms with Gasteiger partial charge >= 0.3 is 0 Å². The van der Waals surface area contributed by atoms with E-state index in [4.69, 9.17) is 37.3 Å². The van der Waals surface area contributed by atoms with Crippen molar-refractivity contribution in [2.75, 3.05) is 5.73 Å². The number of benzene rings is 4. The minimum absolute atomic E-state index is 0.416. The van der Waals surface area contributed by atoms with Crippen LogP contribution in [0.5, 0.6) is 0 Å². The van der Waals surface area contributed by atoms with Crippen LogP contribution in [-0.4, -0.2) is 19.9 Å². The van der Waals surface area contributed by atoms with Gasteiger partial charge in [0.25, 0.3) is 0 Å². The summed E-state index contributed by atoms with van der Waals surface area (Å²) in [6.07, 6.45) is 0. The summed E-state index contributed by atoms with van der Waals surface area (Å²) in [5.41, 5.74) is 9.25. The molecule has 0 saturated carbocycles. The van der Waals surface area contributed by atoms with E-state index in [-0.39, 0.29) is 0 Å². The fourth-order valence-corrected chi connectivity index (χ4v) is 6.09. The summed E-state index contributed by atoms with van der Waals surface area (Å²) in [6, 6.07) is 27.8. The van der Waals surface area contributed by atoms with Gasteiger partial charge in [0.05, 0.1) is 10.7 Å². The van der Waals surface area contributed by atoms with E-state index in [0.29, 0.717) is 61.3 Å². The first-order chi connectivity index (χ1) is 20.6. The Bertz CT molecular complexity index is 2660. The monoisotopic (exact) mass is 565 g/mol. The molecule has 0 saturated heterocycles. The van der Waals surface area contributed by atoms with Crippen LogP contribution in [0.2, 0.25) is 5.02 Å². The highest BCUT2D eigenvalue weighted by molar-refractivity contribution is 6.38. The van der Waals surface area contributed by atoms with Crippen molar-refractivity contribution in [3.8, 4) is 0 Å². The van der Waals surface area contributed by atoms with E-state index in [0.717, 1.165) is 37.7 Å². The van der Waals surface area contributed by atoms with Gasteiger partial charge in [-0.1, -0.05) is 84.4 Å². The van der Waals surface area contributed by atoms with E-state index in [2.05, 4.69) is 19.9 Å². The van der Waals surface area contributed by atoms with Crippen LogP contribution in [0.4, 0.5) is 29.0 Å². The largest absolute Gasteiger partial charge is 0.398 e. The zero-order valence-electron chi connectivity index (χ0n) is 21.8. The number of nitrogens with zero attached hydrogens (tertiary/aromatic N) is 4. The molecule has 8 aromatic rings. The molecule has 6 N–H and O–H groups in total. The third kappa shape index (κ3) is 3.25. The molecule has 8 bridgehead atoms. The topological polar surface area (TPSA) is 139 Å². The Morgan fingerprint density at radius 1 is 0.429 bits per heavy atom. The maximum absolute atomic E-state index is 6.79. The minimum Gasteiger partial charge on any atom is -0.398 e. The second kappa shape index (κ2) is 8.42. The van der Waals surface area contributed by atoms with Crippen LogP contribution in [0, 0.1) is 0 Å². The normalized spacial score (nSPS) is 12.8. The predicted molar refractivity (Wildman–Crippen MR) is 166 cm³/mol. The molecule has 0 fully saturated rings. The molecule has 0 spiro atoms. The molecule has 4 aromatic heterocycles. The summed E-state index contributed by atoms with van der Waals surface area (Å²) >= 11 is 6.79. The maximum atomic E-state index is 6.79. The highest BCUT2D eigenvalue weighted by atomic mass is 35.5. The Morgan fingerprint density at radius 3 is 1.29 bits per heavy atom. The van der Waals surface area contributed by atoms with Crippen LogP contribution in [-0.2, 0) is 0 Å². The van der Waals surface area contributed by atoms with Gasteiger partial charge in [0, 0.05) is 43.1 Å². The number of rotatable bonds is 0. The zero-order valence-corrected chi connectivity index (χ0v) is 22.6. The summed E-state index contributed by atoms with van der Waals surface area (Å²) < 4.78 is 0. The van der Waals surface area contributed by atoms with Crippen LogP contribution >= 0.6 is 11.6 Å². The molecule has 200 valence electrons. The second-order valence-electron chi connectivity index (χ2n) is 10.3. The molecule has 5 heterocycles. The summed E-state index contributed by atoms with van der Waals surface area (Å²) in [4.78, 5) is 34.0. The summed E-state index contributed by atoms with van der Waals surface area (Å²) in [5.74, 6) is 2.66. The van der Waals surface area contributed by atoms with Crippen molar-refractivity contribution in [1.29, 1.82) is 0 Å². The Balaban J connectivity index is 1.52. The van der Waals surface area contributed by atoms with Gasteiger partial charge in [-0.2, -0.15) is 0 Å². The lowest BCUT2D eigenvalue weighted by molar-refractivity contribution is 1.08. The zero-order chi connectivity index (χ0) is 27.9. The van der Waals surface area contributed by atoms with Crippen LogP contribution in [0.1, 0.15) is 0 Å². The number of nitrogens with one attached hydrogen (secondary N) is 4. The lowest BCUT2D eigenvalue weighted by atomic mass is 10.2. The maximum Gasteiger partial charge on any atom is 0.143 e. The Hall–Kier alpha value is -5.67. The molecule has 42 heavy (non-hydrogen) atoms. The smallest absolute Gasteiger partial charge is 0.143 e. The molecule has 1 aliphatic heterocycles. The van der Waals surface area contributed by atoms with Crippen molar-refractivity contribution in [1.82, 2.24) is 19.9 Å². The molecule has 0 amide bonds. The molecular weight excluding hydrogens is 546 g/mol. The summed E-state index contributed by atoms with van der Waals surface area (Å²) in [6.45, 7) is 0. The van der Waals surface area contributed by atoms with Gasteiger partial charge in [0.15, 0.2) is 0 Å². The number of hydrogen-bond donors (Lipinski definition) is 5. The number of aromatic nitrogens is 4. The number of aromatic amines is 4. The van der Waals surface area contributed by atoms with E-state index >= 15 is 0 Å². The molecule has 9 nitrogen and oxygen atoms in total. The fraction of sp³-hybridized carbons (Fsp3) is 0. The molecule has 0 aliphatic carbocycles. The van der Waals surface area contributed by atoms with Crippen LogP contribution in [0.25, 0.3) is 43.1 Å². The van der Waals surface area contributed by atoms with Gasteiger partial charge in [0.1, 0.15) is 45.2 Å². The molecular formula is C32H20ClN9. The number of hydrogen-bond acceptors (Lipinski definition) is 5. The Kier molecular flexibility index (Phi) is 4.63. The Morgan fingerprint density at radius 2 is 0.810 bits per heavy atom. The highest BCUT2D eigenvalue weighted by Gasteiger charge is 2.16. The lowest BCUT2D eigenvalue weighted by Gasteiger charge is -1.98. The van der Waals surface area contributed by atoms with E-state index in [1.807, 2.05) is 78.9 Å². The number of fused-ring (bicyclic) bond motifs is 20. The van der Waals surface area contributed by atoms with Crippen molar-refractivity contribution < 1.29 is 0 Å². The van der Waals surface area contributed by atoms with Crippen LogP contribution in [0.3, 0.4) is 0 Å². The molecule has 0 atom stereocenters. The fourth-order valence-electron chi connectivity index (χ4n) is 5.84. The van der Waals surface area contributed by atoms with E-state index in [1.165, 1.54) is 0 Å². The van der Waals surface area contributed by atoms with Crippen molar-refractivity contribution in [3.63, 3.8) is 0 Å². The molecule has 0 unspecified atom stereocenters. The molecule has 9 rings (SSSR count). The van der Waals surface area contributed by atoms with E-state index in [1.54, 1.807) is 6.07 Å². The molecule has 4 aromatic carbocycles. The first-order valence-corrected chi connectivity index (χ1v) is 13.8. The second-order valence-corrected chi connectivity index (χ2v) is 10.6. The number of halogens is 1. The lowest BCUT2D eigenvalue weighted by Crippen LogP contribution is -2.10. The third-order valence-corrected chi connectivity index (χ3v) is 8.22. The van der Waals surface area contributed by atoms with Gasteiger partial charge in [0.2, 0.25) is 0 Å². The average Bonchev–Trinajstić information content (AvgIpc) is 3.74. The number of anilines is 1. The molecule has 0 radical (unpaired) electrons. The third-order valence-electron chi connectivity index (χ3n) is 7.82. The summed E-state index contributed by atoms with van der Waals surface area (Å²) in [5, 5.41) is 7.56. The van der Waals surface area contributed by atoms with Crippen molar-refractivity contribution >= 4 is 83.6 Å². The first-order valence-electron chi connectivity index (χ1n) is 13.4. The van der Waals surface area contributed by atoms with Gasteiger partial charge in [-0.05, 0) is 12.1 Å². The van der Waals surface area contributed by atoms with E-state index < -0.39 is 0 Å². The number of H-pyrrole nitrogens is 4. The minimum atomic E-state index is 0.416. The van der Waals surface area contributed by atoms with Gasteiger partial charge in [-0.3, -0.25) is 0 Å². The predicted octanol–water partition coefficient (Wildman–Crippen LogP) is 5.97. The summed E-state index contributed by atoms with van der Waals surface area (Å²) in [7, 11) is 0. The quantitative estimate of drug-likeness (QED) is 0.142. The number of nitrogens with two attached hydrogens (primary N) is 1. The van der Waals surface area contributed by atoms with Crippen molar-refractivity contribution in [3.05, 3.63) is 112 Å². The van der Waals surface area contributed by atoms with Gasteiger partial charge < -0.3 is 25.7 Å². The number of nitrogen functional groups attached to an aromatic ring is 1. The van der Waals surface area contributed by atoms with Gasteiger partial charge in [-0.25, -0.2) is 20.0 Å². The first kappa shape index (κ1) is 23.1.